The van der Waals surface area contributed by atoms with Crippen molar-refractivity contribution in [2.75, 3.05) is 34.4 Å². The van der Waals surface area contributed by atoms with Crippen molar-refractivity contribution in [3.63, 3.8) is 0 Å². The average Bonchev–Trinajstić information content (AvgIpc) is 2.77. The number of nitrogens with one attached hydrogen (secondary N) is 1. The molecule has 8 heteroatoms. The third-order valence-corrected chi connectivity index (χ3v) is 5.85. The first-order chi connectivity index (χ1) is 14.5. The number of methoxy groups -OCH3 is 3. The number of carbonyl (C=O) groups excluding carboxylic acids is 3. The maximum Gasteiger partial charge on any atom is 0.337 e. The molecule has 30 heavy (non-hydrogen) atoms. The molecule has 1 amide bonds. The van der Waals surface area contributed by atoms with E-state index in [0.717, 1.165) is 5.70 Å². The number of rotatable bonds is 4. The Morgan fingerprint density at radius 1 is 1.13 bits per heavy atom. The summed E-state index contributed by atoms with van der Waals surface area (Å²) in [4.78, 5) is 40.8. The summed E-state index contributed by atoms with van der Waals surface area (Å²) in [6.45, 7) is 0.943. The third-order valence-electron chi connectivity index (χ3n) is 5.85. The number of esters is 1. The Kier molecular flexibility index (Phi) is 5.24. The molecule has 3 aliphatic rings. The van der Waals surface area contributed by atoms with Crippen LogP contribution in [0.1, 0.15) is 30.7 Å². The van der Waals surface area contributed by atoms with Crippen LogP contribution in [0.25, 0.3) is 0 Å². The molecule has 158 valence electrons. The van der Waals surface area contributed by atoms with Gasteiger partial charge in [0.05, 0.1) is 32.8 Å². The van der Waals surface area contributed by atoms with Crippen LogP contribution < -0.4 is 14.8 Å². The Balaban J connectivity index is 2.02. The van der Waals surface area contributed by atoms with Crippen LogP contribution in [-0.2, 0) is 19.1 Å². The van der Waals surface area contributed by atoms with E-state index >= 15 is 0 Å². The zero-order valence-corrected chi connectivity index (χ0v) is 17.2. The lowest BCUT2D eigenvalue weighted by molar-refractivity contribution is -0.137. The van der Waals surface area contributed by atoms with E-state index in [2.05, 4.69) is 5.32 Å². The molecular weight excluding hydrogens is 388 g/mol. The largest absolute Gasteiger partial charge is 0.497 e. The second-order valence-corrected chi connectivity index (χ2v) is 7.34. The summed E-state index contributed by atoms with van der Waals surface area (Å²) in [6.07, 6.45) is 1.78. The van der Waals surface area contributed by atoms with E-state index in [4.69, 9.17) is 14.2 Å². The second kappa shape index (κ2) is 7.85. The van der Waals surface area contributed by atoms with Gasteiger partial charge in [-0.2, -0.15) is 0 Å². The van der Waals surface area contributed by atoms with E-state index in [0.29, 0.717) is 55.0 Å². The van der Waals surface area contributed by atoms with E-state index in [-0.39, 0.29) is 23.0 Å². The topological polar surface area (TPSA) is 94.2 Å². The van der Waals surface area contributed by atoms with Crippen LogP contribution in [0.2, 0.25) is 0 Å². The molecule has 8 nitrogen and oxygen atoms in total. The molecule has 0 unspecified atom stereocenters. The lowest BCUT2D eigenvalue weighted by atomic mass is 9.73. The number of piperazine rings is 1. The van der Waals surface area contributed by atoms with Gasteiger partial charge in [-0.25, -0.2) is 4.79 Å². The Labute approximate surface area is 174 Å². The van der Waals surface area contributed by atoms with E-state index in [1.165, 1.54) is 14.2 Å². The molecule has 1 aromatic carbocycles. The van der Waals surface area contributed by atoms with Crippen LogP contribution in [0.15, 0.2) is 40.7 Å². The summed E-state index contributed by atoms with van der Waals surface area (Å²) < 4.78 is 15.9. The average molecular weight is 412 g/mol. The van der Waals surface area contributed by atoms with Crippen LogP contribution in [0, 0.1) is 0 Å². The molecule has 1 fully saturated rings. The zero-order valence-electron chi connectivity index (χ0n) is 17.2. The molecule has 1 N–H and O–H groups in total. The Morgan fingerprint density at radius 3 is 2.63 bits per heavy atom. The van der Waals surface area contributed by atoms with Gasteiger partial charge >= 0.3 is 5.97 Å². The molecule has 0 saturated carbocycles. The highest BCUT2D eigenvalue weighted by Gasteiger charge is 2.46. The third kappa shape index (κ3) is 3.03. The minimum atomic E-state index is -0.754. The van der Waals surface area contributed by atoms with Crippen molar-refractivity contribution >= 4 is 17.7 Å². The fraction of sp³-hybridized carbons (Fsp3) is 0.409. The fourth-order valence-electron chi connectivity index (χ4n) is 4.57. The summed E-state index contributed by atoms with van der Waals surface area (Å²) in [5.74, 6) is -0.707. The number of hydrogen-bond acceptors (Lipinski definition) is 7. The molecule has 4 rings (SSSR count). The SMILES string of the molecule is COC(=O)C1=C2C(=O)NCCN2C2=C(C(=O)CCC2)[C@@H]1c1ccc(OC)cc1OC. The van der Waals surface area contributed by atoms with Gasteiger partial charge in [-0.05, 0) is 18.9 Å². The molecule has 1 aliphatic carbocycles. The van der Waals surface area contributed by atoms with Crippen LogP contribution in [0.3, 0.4) is 0 Å². The minimum Gasteiger partial charge on any atom is -0.497 e. The van der Waals surface area contributed by atoms with Crippen LogP contribution >= 0.6 is 0 Å². The number of fused-ring (bicyclic) bond motifs is 2. The maximum absolute atomic E-state index is 13.1. The molecule has 0 spiro atoms. The van der Waals surface area contributed by atoms with Crippen LogP contribution in [0.5, 0.6) is 11.5 Å². The highest BCUT2D eigenvalue weighted by molar-refractivity contribution is 6.09. The Morgan fingerprint density at radius 2 is 1.93 bits per heavy atom. The minimum absolute atomic E-state index is 0.0226. The van der Waals surface area contributed by atoms with Crippen molar-refractivity contribution in [3.05, 3.63) is 46.3 Å². The number of amides is 1. The fourth-order valence-corrected chi connectivity index (χ4v) is 4.57. The van der Waals surface area contributed by atoms with E-state index in [1.807, 2.05) is 4.90 Å². The number of benzene rings is 1. The summed E-state index contributed by atoms with van der Waals surface area (Å²) in [7, 11) is 4.34. The normalized spacial score (nSPS) is 21.0. The molecule has 0 bridgehead atoms. The smallest absolute Gasteiger partial charge is 0.337 e. The molecule has 1 aromatic rings. The molecule has 0 radical (unpaired) electrons. The van der Waals surface area contributed by atoms with Gasteiger partial charge in [0.15, 0.2) is 5.78 Å². The summed E-state index contributed by atoms with van der Waals surface area (Å²) in [5.41, 5.74) is 2.39. The molecule has 2 heterocycles. The number of allylic oxidation sites excluding steroid dienone is 2. The van der Waals surface area contributed by atoms with Gasteiger partial charge < -0.3 is 24.4 Å². The summed E-state index contributed by atoms with van der Waals surface area (Å²) in [6, 6.07) is 5.22. The van der Waals surface area contributed by atoms with Crippen molar-refractivity contribution in [2.45, 2.75) is 25.2 Å². The molecular formula is C22H24N2O6. The van der Waals surface area contributed by atoms with Gasteiger partial charge in [0, 0.05) is 42.4 Å². The van der Waals surface area contributed by atoms with Crippen molar-refractivity contribution < 1.29 is 28.6 Å². The standard InChI is InChI=1S/C22H24N2O6/c1-28-12-7-8-13(16(11-12)29-2)17-18-14(5-4-6-15(18)25)24-10-9-23-21(26)20(24)19(17)22(27)30-3/h7-8,11,17H,4-6,9-10H2,1-3H3,(H,23,26)/t17-/m0/s1. The van der Waals surface area contributed by atoms with E-state index in [1.54, 1.807) is 25.3 Å². The van der Waals surface area contributed by atoms with Gasteiger partial charge in [0.25, 0.3) is 5.91 Å². The predicted octanol–water partition coefficient (Wildman–Crippen LogP) is 1.67. The van der Waals surface area contributed by atoms with Gasteiger partial charge in [-0.15, -0.1) is 0 Å². The number of nitrogens with zero attached hydrogens (tertiary/aromatic N) is 1. The van der Waals surface area contributed by atoms with Crippen LogP contribution in [0.4, 0.5) is 0 Å². The van der Waals surface area contributed by atoms with Crippen molar-refractivity contribution in [1.82, 2.24) is 10.2 Å². The van der Waals surface area contributed by atoms with E-state index in [9.17, 15) is 14.4 Å². The zero-order chi connectivity index (χ0) is 21.4. The van der Waals surface area contributed by atoms with Crippen LogP contribution in [-0.4, -0.2) is 57.0 Å². The van der Waals surface area contributed by atoms with Gasteiger partial charge in [-0.3, -0.25) is 9.59 Å². The Hall–Kier alpha value is -3.29. The number of ether oxygens (including phenoxy) is 3. The van der Waals surface area contributed by atoms with E-state index < -0.39 is 11.9 Å². The maximum atomic E-state index is 13.1. The van der Waals surface area contributed by atoms with Crippen molar-refractivity contribution in [2.24, 2.45) is 0 Å². The molecule has 2 aliphatic heterocycles. The highest BCUT2D eigenvalue weighted by atomic mass is 16.5. The first-order valence-corrected chi connectivity index (χ1v) is 9.88. The monoisotopic (exact) mass is 412 g/mol. The molecule has 0 aromatic heterocycles. The number of hydrogen-bond donors (Lipinski definition) is 1. The predicted molar refractivity (Wildman–Crippen MR) is 107 cm³/mol. The molecule has 1 atom stereocenters. The summed E-state index contributed by atoms with van der Waals surface area (Å²) >= 11 is 0. The first kappa shape index (κ1) is 20.0. The Bertz CT molecular complexity index is 993. The lowest BCUT2D eigenvalue weighted by Crippen LogP contribution is -2.50. The van der Waals surface area contributed by atoms with Gasteiger partial charge in [0.1, 0.15) is 17.2 Å². The van der Waals surface area contributed by atoms with Gasteiger partial charge in [0.2, 0.25) is 0 Å². The number of ketones is 1. The highest BCUT2D eigenvalue weighted by Crippen LogP contribution is 2.49. The quantitative estimate of drug-likeness (QED) is 0.752. The van der Waals surface area contributed by atoms with Crippen molar-refractivity contribution in [1.29, 1.82) is 0 Å². The van der Waals surface area contributed by atoms with Crippen molar-refractivity contribution in [3.8, 4) is 11.5 Å². The number of carbonyl (C=O) groups is 3. The van der Waals surface area contributed by atoms with Gasteiger partial charge in [-0.1, -0.05) is 6.07 Å². The second-order valence-electron chi connectivity index (χ2n) is 7.34. The number of Topliss-reactive ketones (excluding diaryl/α,β-unsaturated/α-hetero) is 1. The lowest BCUT2D eigenvalue weighted by Gasteiger charge is -2.43. The molecule has 1 saturated heterocycles. The summed E-state index contributed by atoms with van der Waals surface area (Å²) in [5, 5.41) is 2.81. The first-order valence-electron chi connectivity index (χ1n) is 9.88.